The molecule has 1 heterocycles. The van der Waals surface area contributed by atoms with Crippen molar-refractivity contribution in [3.05, 3.63) is 83.2 Å². The molecule has 0 spiro atoms. The molecule has 3 rings (SSSR count). The summed E-state index contributed by atoms with van der Waals surface area (Å²) >= 11 is 1.27. The van der Waals surface area contributed by atoms with Crippen LogP contribution in [0.3, 0.4) is 0 Å². The molecule has 0 saturated heterocycles. The number of allylic oxidation sites excluding steroid dienone is 1. The molecule has 150 valence electrons. The molecule has 0 bridgehead atoms. The van der Waals surface area contributed by atoms with Crippen molar-refractivity contribution < 1.29 is 4.79 Å². The van der Waals surface area contributed by atoms with Crippen molar-refractivity contribution in [3.63, 3.8) is 0 Å². The van der Waals surface area contributed by atoms with Crippen LogP contribution in [0.1, 0.15) is 24.8 Å². The zero-order chi connectivity index (χ0) is 20.6. The third-order valence-electron chi connectivity index (χ3n) is 4.78. The van der Waals surface area contributed by atoms with E-state index in [1.54, 1.807) is 16.7 Å². The first-order valence-electron chi connectivity index (χ1n) is 9.69. The predicted molar refractivity (Wildman–Crippen MR) is 119 cm³/mol. The third kappa shape index (κ3) is 5.15. The molecule has 1 aromatic heterocycles. The Balaban J connectivity index is 1.68. The number of carbonyl (C=O) groups is 1. The van der Waals surface area contributed by atoms with Crippen LogP contribution in [-0.4, -0.2) is 27.8 Å². The second-order valence-electron chi connectivity index (χ2n) is 6.72. The average Bonchev–Trinajstić information content (AvgIpc) is 2.76. The van der Waals surface area contributed by atoms with E-state index in [0.29, 0.717) is 29.1 Å². The highest BCUT2D eigenvalue weighted by molar-refractivity contribution is 7.99. The van der Waals surface area contributed by atoms with Crippen molar-refractivity contribution in [2.45, 2.75) is 31.0 Å². The summed E-state index contributed by atoms with van der Waals surface area (Å²) in [6, 6.07) is 17.4. The minimum absolute atomic E-state index is 0.0723. The van der Waals surface area contributed by atoms with Gasteiger partial charge in [0.15, 0.2) is 5.16 Å². The summed E-state index contributed by atoms with van der Waals surface area (Å²) in [5.41, 5.74) is 1.74. The molecule has 0 aliphatic heterocycles. The number of fused-ring (bicyclic) bond motifs is 1. The minimum atomic E-state index is -0.117. The third-order valence-corrected chi connectivity index (χ3v) is 5.76. The summed E-state index contributed by atoms with van der Waals surface area (Å²) in [4.78, 5) is 29.8. The summed E-state index contributed by atoms with van der Waals surface area (Å²) in [6.07, 6.45) is 2.61. The number of carbonyl (C=O) groups excluding carboxylic acids is 1. The number of hydrogen-bond acceptors (Lipinski definition) is 4. The van der Waals surface area contributed by atoms with Crippen LogP contribution in [0, 0.1) is 0 Å². The van der Waals surface area contributed by atoms with Gasteiger partial charge in [-0.3, -0.25) is 14.2 Å². The van der Waals surface area contributed by atoms with Crippen molar-refractivity contribution >= 4 is 28.6 Å². The van der Waals surface area contributed by atoms with Crippen molar-refractivity contribution in [3.8, 4) is 0 Å². The Kier molecular flexibility index (Phi) is 7.25. The van der Waals surface area contributed by atoms with E-state index in [9.17, 15) is 9.59 Å². The van der Waals surface area contributed by atoms with E-state index in [1.165, 1.54) is 17.3 Å². The van der Waals surface area contributed by atoms with Crippen LogP contribution in [-0.2, 0) is 11.3 Å². The molecule has 1 N–H and O–H groups in total. The Morgan fingerprint density at radius 3 is 2.66 bits per heavy atom. The fourth-order valence-electron chi connectivity index (χ4n) is 3.19. The topological polar surface area (TPSA) is 64.0 Å². The highest BCUT2D eigenvalue weighted by atomic mass is 32.2. The number of para-hydroxylation sites is 1. The first-order valence-corrected chi connectivity index (χ1v) is 10.7. The quantitative estimate of drug-likeness (QED) is 0.331. The van der Waals surface area contributed by atoms with E-state index in [2.05, 4.69) is 35.9 Å². The van der Waals surface area contributed by atoms with Crippen molar-refractivity contribution in [2.75, 3.05) is 12.3 Å². The van der Waals surface area contributed by atoms with E-state index in [0.717, 1.165) is 6.42 Å². The summed E-state index contributed by atoms with van der Waals surface area (Å²) in [7, 11) is 0. The van der Waals surface area contributed by atoms with Crippen LogP contribution >= 0.6 is 11.8 Å². The SMILES string of the molecule is C=CCn1c(SCC(=O)NCC(CC)c2ccccc2)nc2ccccc2c1=O. The monoisotopic (exact) mass is 407 g/mol. The zero-order valence-electron chi connectivity index (χ0n) is 16.5. The fourth-order valence-corrected chi connectivity index (χ4v) is 4.03. The van der Waals surface area contributed by atoms with Gasteiger partial charge in [0.1, 0.15) is 0 Å². The lowest BCUT2D eigenvalue weighted by Gasteiger charge is -2.16. The highest BCUT2D eigenvalue weighted by Gasteiger charge is 2.14. The number of hydrogen-bond donors (Lipinski definition) is 1. The molecule has 0 aliphatic carbocycles. The second kappa shape index (κ2) is 10.1. The lowest BCUT2D eigenvalue weighted by molar-refractivity contribution is -0.118. The normalized spacial score (nSPS) is 11.9. The van der Waals surface area contributed by atoms with Gasteiger partial charge in [-0.05, 0) is 24.1 Å². The second-order valence-corrected chi connectivity index (χ2v) is 7.67. The molecule has 0 saturated carbocycles. The van der Waals surface area contributed by atoms with Gasteiger partial charge >= 0.3 is 0 Å². The summed E-state index contributed by atoms with van der Waals surface area (Å²) in [5.74, 6) is 0.410. The molecule has 6 heteroatoms. The molecule has 5 nitrogen and oxygen atoms in total. The van der Waals surface area contributed by atoms with E-state index < -0.39 is 0 Å². The average molecular weight is 408 g/mol. The van der Waals surface area contributed by atoms with Gasteiger partial charge in [0.25, 0.3) is 5.56 Å². The molecule has 0 aliphatic rings. The van der Waals surface area contributed by atoms with Crippen LogP contribution < -0.4 is 10.9 Å². The van der Waals surface area contributed by atoms with Crippen LogP contribution in [0.4, 0.5) is 0 Å². The van der Waals surface area contributed by atoms with Gasteiger partial charge in [-0.2, -0.15) is 0 Å². The van der Waals surface area contributed by atoms with Crippen molar-refractivity contribution in [1.29, 1.82) is 0 Å². The molecule has 2 aromatic carbocycles. The molecule has 0 fully saturated rings. The maximum absolute atomic E-state index is 12.8. The van der Waals surface area contributed by atoms with Gasteiger partial charge in [-0.25, -0.2) is 4.98 Å². The first-order chi connectivity index (χ1) is 14.1. The minimum Gasteiger partial charge on any atom is -0.355 e. The maximum Gasteiger partial charge on any atom is 0.262 e. The first kappa shape index (κ1) is 20.9. The summed E-state index contributed by atoms with van der Waals surface area (Å²) < 4.78 is 1.56. The Labute approximate surface area is 174 Å². The number of rotatable bonds is 9. The lowest BCUT2D eigenvalue weighted by atomic mass is 9.96. The number of aromatic nitrogens is 2. The van der Waals surface area contributed by atoms with Gasteiger partial charge in [-0.15, -0.1) is 6.58 Å². The highest BCUT2D eigenvalue weighted by Crippen LogP contribution is 2.19. The van der Waals surface area contributed by atoms with Crippen LogP contribution in [0.15, 0.2) is 77.2 Å². The van der Waals surface area contributed by atoms with Gasteiger partial charge < -0.3 is 5.32 Å². The summed E-state index contributed by atoms with van der Waals surface area (Å²) in [5, 5.41) is 4.10. The number of amides is 1. The van der Waals surface area contributed by atoms with E-state index in [4.69, 9.17) is 0 Å². The molecular weight excluding hydrogens is 382 g/mol. The smallest absolute Gasteiger partial charge is 0.262 e. The predicted octanol–water partition coefficient (Wildman–Crippen LogP) is 3.98. The molecular formula is C23H25N3O2S. The number of nitrogens with zero attached hydrogens (tertiary/aromatic N) is 2. The molecule has 1 atom stereocenters. The standard InChI is InChI=1S/C23H25N3O2S/c1-3-14-26-22(28)19-12-8-9-13-20(19)25-23(26)29-16-21(27)24-15-17(4-2)18-10-6-5-7-11-18/h3,5-13,17H,1,4,14-16H2,2H3,(H,24,27). The van der Waals surface area contributed by atoms with Gasteiger partial charge in [-0.1, -0.05) is 67.2 Å². The van der Waals surface area contributed by atoms with Crippen molar-refractivity contribution in [1.82, 2.24) is 14.9 Å². The Bertz CT molecular complexity index is 1050. The van der Waals surface area contributed by atoms with Crippen LogP contribution in [0.25, 0.3) is 10.9 Å². The molecule has 1 amide bonds. The fraction of sp³-hybridized carbons (Fsp3) is 0.261. The Morgan fingerprint density at radius 1 is 1.21 bits per heavy atom. The Hall–Kier alpha value is -2.86. The van der Waals surface area contributed by atoms with Crippen LogP contribution in [0.2, 0.25) is 0 Å². The van der Waals surface area contributed by atoms with E-state index >= 15 is 0 Å². The molecule has 3 aromatic rings. The number of thioether (sulfide) groups is 1. The van der Waals surface area contributed by atoms with Crippen LogP contribution in [0.5, 0.6) is 0 Å². The van der Waals surface area contributed by atoms with Gasteiger partial charge in [0.2, 0.25) is 5.91 Å². The summed E-state index contributed by atoms with van der Waals surface area (Å²) in [6.45, 7) is 6.78. The van der Waals surface area contributed by atoms with E-state index in [1.807, 2.05) is 36.4 Å². The number of benzene rings is 2. The molecule has 1 unspecified atom stereocenters. The van der Waals surface area contributed by atoms with Gasteiger partial charge in [0.05, 0.1) is 16.7 Å². The molecule has 0 radical (unpaired) electrons. The van der Waals surface area contributed by atoms with Gasteiger partial charge in [0, 0.05) is 19.0 Å². The Morgan fingerprint density at radius 2 is 1.93 bits per heavy atom. The van der Waals surface area contributed by atoms with Crippen molar-refractivity contribution in [2.24, 2.45) is 0 Å². The maximum atomic E-state index is 12.8. The number of nitrogens with one attached hydrogen (secondary N) is 1. The molecule has 29 heavy (non-hydrogen) atoms. The van der Waals surface area contributed by atoms with E-state index in [-0.39, 0.29) is 23.1 Å². The zero-order valence-corrected chi connectivity index (χ0v) is 17.3. The lowest BCUT2D eigenvalue weighted by Crippen LogP contribution is -2.30. The largest absolute Gasteiger partial charge is 0.355 e.